The first-order valence-electron chi connectivity index (χ1n) is 8.11. The van der Waals surface area contributed by atoms with Gasteiger partial charge in [-0.05, 0) is 31.1 Å². The van der Waals surface area contributed by atoms with Crippen molar-refractivity contribution in [2.24, 2.45) is 10.8 Å². The molecule has 21 heavy (non-hydrogen) atoms. The molecule has 5 nitrogen and oxygen atoms in total. The second-order valence-electron chi connectivity index (χ2n) is 7.46. The molecular weight excluding hydrogens is 268 g/mol. The van der Waals surface area contributed by atoms with Gasteiger partial charge in [0, 0.05) is 19.6 Å². The van der Waals surface area contributed by atoms with E-state index >= 15 is 0 Å². The van der Waals surface area contributed by atoms with Crippen molar-refractivity contribution in [2.75, 3.05) is 19.6 Å². The van der Waals surface area contributed by atoms with Crippen molar-refractivity contribution in [3.8, 4) is 0 Å². The van der Waals surface area contributed by atoms with Crippen LogP contribution in [0.5, 0.6) is 0 Å². The van der Waals surface area contributed by atoms with Crippen LogP contribution >= 0.6 is 0 Å². The number of nitrogens with one attached hydrogen (secondary N) is 1. The molecule has 1 heterocycles. The van der Waals surface area contributed by atoms with Gasteiger partial charge in [-0.2, -0.15) is 0 Å². The number of urea groups is 1. The Bertz CT molecular complexity index is 390. The van der Waals surface area contributed by atoms with Crippen molar-refractivity contribution >= 4 is 12.0 Å². The van der Waals surface area contributed by atoms with E-state index < -0.39 is 11.4 Å². The third-order valence-electron chi connectivity index (χ3n) is 5.25. The number of carboxylic acids is 1. The maximum absolute atomic E-state index is 12.2. The molecule has 0 spiro atoms. The average molecular weight is 296 g/mol. The summed E-state index contributed by atoms with van der Waals surface area (Å²) in [4.78, 5) is 25.6. The first-order valence-corrected chi connectivity index (χ1v) is 8.11. The Hall–Kier alpha value is -1.26. The largest absolute Gasteiger partial charge is 0.481 e. The number of hydrogen-bond donors (Lipinski definition) is 2. The van der Waals surface area contributed by atoms with Crippen molar-refractivity contribution in [2.45, 2.75) is 58.8 Å². The Kier molecular flexibility index (Phi) is 4.79. The zero-order valence-electron chi connectivity index (χ0n) is 13.3. The van der Waals surface area contributed by atoms with Gasteiger partial charge in [-0.3, -0.25) is 4.79 Å². The van der Waals surface area contributed by atoms with Crippen LogP contribution in [0, 0.1) is 10.8 Å². The van der Waals surface area contributed by atoms with Crippen molar-refractivity contribution in [1.82, 2.24) is 10.2 Å². The zero-order chi connectivity index (χ0) is 15.5. The SMILES string of the molecule is CC1(C)CCN(C(=O)NCC2(C(=O)O)CCCCC2)CC1. The van der Waals surface area contributed by atoms with Crippen LogP contribution < -0.4 is 5.32 Å². The van der Waals surface area contributed by atoms with Crippen LogP contribution in [0.15, 0.2) is 0 Å². The minimum atomic E-state index is -0.762. The quantitative estimate of drug-likeness (QED) is 0.841. The summed E-state index contributed by atoms with van der Waals surface area (Å²) in [5.74, 6) is -0.762. The van der Waals surface area contributed by atoms with Crippen molar-refractivity contribution in [3.05, 3.63) is 0 Å². The summed E-state index contributed by atoms with van der Waals surface area (Å²) in [6.07, 6.45) is 6.35. The Morgan fingerprint density at radius 2 is 1.62 bits per heavy atom. The molecule has 0 radical (unpaired) electrons. The average Bonchev–Trinajstić information content (AvgIpc) is 2.45. The maximum atomic E-state index is 12.2. The molecule has 1 aliphatic heterocycles. The van der Waals surface area contributed by atoms with Gasteiger partial charge >= 0.3 is 12.0 Å². The van der Waals surface area contributed by atoms with E-state index in [0.717, 1.165) is 45.2 Å². The Morgan fingerprint density at radius 1 is 1.05 bits per heavy atom. The molecule has 2 fully saturated rings. The Labute approximate surface area is 127 Å². The third-order valence-corrected chi connectivity index (χ3v) is 5.25. The van der Waals surface area contributed by atoms with E-state index in [1.54, 1.807) is 0 Å². The number of rotatable bonds is 3. The summed E-state index contributed by atoms with van der Waals surface area (Å²) in [6, 6.07) is -0.100. The number of carbonyl (C=O) groups excluding carboxylic acids is 1. The first kappa shape index (κ1) is 16.1. The molecule has 2 amide bonds. The van der Waals surface area contributed by atoms with Crippen LogP contribution in [0.25, 0.3) is 0 Å². The summed E-state index contributed by atoms with van der Waals surface area (Å²) < 4.78 is 0. The third kappa shape index (κ3) is 3.89. The van der Waals surface area contributed by atoms with Gasteiger partial charge in [-0.1, -0.05) is 33.1 Å². The summed E-state index contributed by atoms with van der Waals surface area (Å²) in [6.45, 7) is 6.24. The predicted molar refractivity (Wildman–Crippen MR) is 81.1 cm³/mol. The highest BCUT2D eigenvalue weighted by Crippen LogP contribution is 2.36. The van der Waals surface area contributed by atoms with E-state index in [2.05, 4.69) is 19.2 Å². The molecule has 1 saturated carbocycles. The number of nitrogens with zero attached hydrogens (tertiary/aromatic N) is 1. The monoisotopic (exact) mass is 296 g/mol. The normalized spacial score (nSPS) is 24.4. The second-order valence-corrected chi connectivity index (χ2v) is 7.46. The lowest BCUT2D eigenvalue weighted by atomic mass is 9.74. The highest BCUT2D eigenvalue weighted by molar-refractivity contribution is 5.78. The van der Waals surface area contributed by atoms with Gasteiger partial charge in [0.1, 0.15) is 0 Å². The second kappa shape index (κ2) is 6.24. The number of carbonyl (C=O) groups is 2. The lowest BCUT2D eigenvalue weighted by Gasteiger charge is -2.38. The molecule has 120 valence electrons. The Morgan fingerprint density at radius 3 is 2.14 bits per heavy atom. The molecule has 1 aliphatic carbocycles. The lowest BCUT2D eigenvalue weighted by molar-refractivity contribution is -0.150. The van der Waals surface area contributed by atoms with Gasteiger partial charge in [0.15, 0.2) is 0 Å². The highest BCUT2D eigenvalue weighted by Gasteiger charge is 2.40. The molecular formula is C16H28N2O3. The van der Waals surface area contributed by atoms with Crippen molar-refractivity contribution in [1.29, 1.82) is 0 Å². The first-order chi connectivity index (χ1) is 9.85. The van der Waals surface area contributed by atoms with E-state index in [-0.39, 0.29) is 12.6 Å². The zero-order valence-corrected chi connectivity index (χ0v) is 13.3. The highest BCUT2D eigenvalue weighted by atomic mass is 16.4. The fourth-order valence-electron chi connectivity index (χ4n) is 3.37. The van der Waals surface area contributed by atoms with Crippen LogP contribution in [0.2, 0.25) is 0 Å². The molecule has 1 saturated heterocycles. The van der Waals surface area contributed by atoms with Gasteiger partial charge in [-0.25, -0.2) is 4.79 Å². The van der Waals surface area contributed by atoms with Gasteiger partial charge < -0.3 is 15.3 Å². The van der Waals surface area contributed by atoms with E-state index in [1.165, 1.54) is 0 Å². The lowest BCUT2D eigenvalue weighted by Crippen LogP contribution is -2.50. The minimum absolute atomic E-state index is 0.100. The number of aliphatic carboxylic acids is 1. The fraction of sp³-hybridized carbons (Fsp3) is 0.875. The predicted octanol–water partition coefficient (Wildman–Crippen LogP) is 2.85. The van der Waals surface area contributed by atoms with E-state index in [9.17, 15) is 14.7 Å². The van der Waals surface area contributed by atoms with Crippen LogP contribution in [-0.4, -0.2) is 41.6 Å². The number of hydrogen-bond acceptors (Lipinski definition) is 2. The number of amides is 2. The van der Waals surface area contributed by atoms with Gasteiger partial charge in [0.25, 0.3) is 0 Å². The number of carboxylic acid groups (broad SMARTS) is 1. The van der Waals surface area contributed by atoms with Crippen molar-refractivity contribution in [3.63, 3.8) is 0 Å². The Balaban J connectivity index is 1.86. The number of likely N-dealkylation sites (tertiary alicyclic amines) is 1. The van der Waals surface area contributed by atoms with Crippen LogP contribution in [-0.2, 0) is 4.79 Å². The van der Waals surface area contributed by atoms with Crippen molar-refractivity contribution < 1.29 is 14.7 Å². The summed E-state index contributed by atoms with van der Waals surface area (Å²) in [5.41, 5.74) is -0.439. The summed E-state index contributed by atoms with van der Waals surface area (Å²) >= 11 is 0. The van der Waals surface area contributed by atoms with Gasteiger partial charge in [0.2, 0.25) is 0 Å². The molecule has 2 N–H and O–H groups in total. The van der Waals surface area contributed by atoms with Gasteiger partial charge in [0.05, 0.1) is 5.41 Å². The molecule has 0 atom stereocenters. The molecule has 0 aromatic rings. The van der Waals surface area contributed by atoms with E-state index in [0.29, 0.717) is 18.3 Å². The summed E-state index contributed by atoms with van der Waals surface area (Å²) in [7, 11) is 0. The van der Waals surface area contributed by atoms with Crippen LogP contribution in [0.1, 0.15) is 58.8 Å². The minimum Gasteiger partial charge on any atom is -0.481 e. The van der Waals surface area contributed by atoms with Gasteiger partial charge in [-0.15, -0.1) is 0 Å². The molecule has 2 aliphatic rings. The number of piperidine rings is 1. The van der Waals surface area contributed by atoms with E-state index in [4.69, 9.17) is 0 Å². The standard InChI is InChI=1S/C16H28N2O3/c1-15(2)8-10-18(11-9-15)14(21)17-12-16(13(19)20)6-4-3-5-7-16/h3-12H2,1-2H3,(H,17,21)(H,19,20). The molecule has 2 rings (SSSR count). The molecule has 0 aromatic heterocycles. The molecule has 5 heteroatoms. The fourth-order valence-corrected chi connectivity index (χ4v) is 3.37. The topological polar surface area (TPSA) is 69.6 Å². The van der Waals surface area contributed by atoms with Crippen LogP contribution in [0.3, 0.4) is 0 Å². The molecule has 0 unspecified atom stereocenters. The smallest absolute Gasteiger partial charge is 0.317 e. The van der Waals surface area contributed by atoms with Crippen LogP contribution in [0.4, 0.5) is 4.79 Å². The summed E-state index contributed by atoms with van der Waals surface area (Å²) in [5, 5.41) is 12.4. The molecule has 0 bridgehead atoms. The molecule has 0 aromatic carbocycles. The maximum Gasteiger partial charge on any atom is 0.317 e. The van der Waals surface area contributed by atoms with E-state index in [1.807, 2.05) is 4.90 Å².